The summed E-state index contributed by atoms with van der Waals surface area (Å²) in [7, 11) is 0. The van der Waals surface area contributed by atoms with E-state index in [2.05, 4.69) is 63.1 Å². The number of piperazine rings is 1. The van der Waals surface area contributed by atoms with E-state index in [9.17, 15) is 0 Å². The second-order valence-electron chi connectivity index (χ2n) is 8.10. The van der Waals surface area contributed by atoms with Gasteiger partial charge >= 0.3 is 0 Å². The predicted octanol–water partition coefficient (Wildman–Crippen LogP) is 1.90. The van der Waals surface area contributed by atoms with Crippen molar-refractivity contribution in [1.82, 2.24) is 15.1 Å². The maximum atomic E-state index is 6.05. The van der Waals surface area contributed by atoms with E-state index in [1.807, 2.05) is 0 Å². The molecule has 2 heterocycles. The molecule has 3 rings (SSSR count). The number of aryl methyl sites for hydroxylation is 1. The number of likely N-dealkylation sites (tertiary alicyclic amines) is 1. The average Bonchev–Trinajstić information content (AvgIpc) is 3.18. The zero-order chi connectivity index (χ0) is 19.8. The summed E-state index contributed by atoms with van der Waals surface area (Å²) in [5.41, 5.74) is 8.74. The summed E-state index contributed by atoms with van der Waals surface area (Å²) in [5.74, 6) is 0.604. The molecule has 6 nitrogen and oxygen atoms in total. The van der Waals surface area contributed by atoms with Gasteiger partial charge in [0.05, 0.1) is 6.54 Å². The highest BCUT2D eigenvalue weighted by Crippen LogP contribution is 2.18. The number of aliphatic imine (C=N–C) groups is 1. The van der Waals surface area contributed by atoms with Crippen molar-refractivity contribution in [3.05, 3.63) is 29.8 Å². The molecule has 0 spiro atoms. The van der Waals surface area contributed by atoms with Gasteiger partial charge in [0.2, 0.25) is 0 Å². The topological polar surface area (TPSA) is 60.1 Å². The number of guanidine groups is 1. The summed E-state index contributed by atoms with van der Waals surface area (Å²) in [6, 6.07) is 9.40. The molecule has 6 heteroatoms. The lowest BCUT2D eigenvalue weighted by molar-refractivity contribution is 0.255. The second-order valence-corrected chi connectivity index (χ2v) is 8.10. The summed E-state index contributed by atoms with van der Waals surface area (Å²) < 4.78 is 0. The van der Waals surface area contributed by atoms with E-state index in [0.717, 1.165) is 58.8 Å². The Morgan fingerprint density at radius 2 is 2.04 bits per heavy atom. The van der Waals surface area contributed by atoms with Crippen LogP contribution in [0.15, 0.2) is 29.3 Å². The van der Waals surface area contributed by atoms with Crippen molar-refractivity contribution in [3.8, 4) is 0 Å². The van der Waals surface area contributed by atoms with E-state index < -0.39 is 0 Å². The van der Waals surface area contributed by atoms with Gasteiger partial charge in [-0.25, -0.2) is 0 Å². The predicted molar refractivity (Wildman–Crippen MR) is 119 cm³/mol. The lowest BCUT2D eigenvalue weighted by Crippen LogP contribution is -2.47. The average molecular weight is 387 g/mol. The second kappa shape index (κ2) is 10.7. The van der Waals surface area contributed by atoms with E-state index in [1.54, 1.807) is 0 Å². The van der Waals surface area contributed by atoms with Gasteiger partial charge in [-0.3, -0.25) is 14.8 Å². The number of rotatable bonds is 8. The van der Waals surface area contributed by atoms with Gasteiger partial charge in [0.25, 0.3) is 0 Å². The Morgan fingerprint density at radius 1 is 1.21 bits per heavy atom. The molecule has 156 valence electrons. The molecule has 3 N–H and O–H groups in total. The molecule has 0 aliphatic carbocycles. The minimum absolute atomic E-state index is 0.579. The fourth-order valence-corrected chi connectivity index (χ4v) is 4.35. The summed E-state index contributed by atoms with van der Waals surface area (Å²) in [5, 5.41) is 3.29. The zero-order valence-electron chi connectivity index (χ0n) is 17.7. The summed E-state index contributed by atoms with van der Waals surface area (Å²) in [4.78, 5) is 12.1. The maximum Gasteiger partial charge on any atom is 0.188 e. The zero-order valence-corrected chi connectivity index (χ0v) is 17.7. The Labute approximate surface area is 170 Å². The molecule has 2 saturated heterocycles. The Kier molecular flexibility index (Phi) is 7.98. The minimum Gasteiger partial charge on any atom is -0.370 e. The highest BCUT2D eigenvalue weighted by atomic mass is 15.3. The van der Waals surface area contributed by atoms with E-state index in [0.29, 0.717) is 12.0 Å². The van der Waals surface area contributed by atoms with E-state index in [-0.39, 0.29) is 0 Å². The third-order valence-corrected chi connectivity index (χ3v) is 6.07. The van der Waals surface area contributed by atoms with Crippen LogP contribution in [-0.2, 0) is 0 Å². The first-order chi connectivity index (χ1) is 13.7. The molecule has 2 aliphatic rings. The highest BCUT2D eigenvalue weighted by Gasteiger charge is 2.22. The van der Waals surface area contributed by atoms with Crippen molar-refractivity contribution < 1.29 is 0 Å². The molecule has 1 atom stereocenters. The smallest absolute Gasteiger partial charge is 0.188 e. The van der Waals surface area contributed by atoms with Crippen LogP contribution >= 0.6 is 0 Å². The van der Waals surface area contributed by atoms with Crippen LogP contribution in [0.5, 0.6) is 0 Å². The molecule has 0 amide bonds. The number of hydrogen-bond donors (Lipinski definition) is 2. The molecular weight excluding hydrogens is 348 g/mol. The molecule has 1 aromatic carbocycles. The van der Waals surface area contributed by atoms with Crippen LogP contribution in [0.25, 0.3) is 0 Å². The van der Waals surface area contributed by atoms with Crippen molar-refractivity contribution in [1.29, 1.82) is 0 Å². The number of nitrogens with zero attached hydrogens (tertiary/aromatic N) is 4. The number of nitrogens with one attached hydrogen (secondary N) is 1. The van der Waals surface area contributed by atoms with Crippen LogP contribution < -0.4 is 16.0 Å². The first-order valence-corrected chi connectivity index (χ1v) is 11.0. The lowest BCUT2D eigenvalue weighted by Gasteiger charge is -2.36. The highest BCUT2D eigenvalue weighted by molar-refractivity contribution is 5.77. The molecule has 0 bridgehead atoms. The van der Waals surface area contributed by atoms with Crippen molar-refractivity contribution in [2.24, 2.45) is 10.7 Å². The molecule has 1 unspecified atom stereocenters. The number of likely N-dealkylation sites (N-methyl/N-ethyl adjacent to an activating group) is 1. The van der Waals surface area contributed by atoms with Crippen molar-refractivity contribution in [2.45, 2.75) is 39.2 Å². The third kappa shape index (κ3) is 6.11. The summed E-state index contributed by atoms with van der Waals surface area (Å²) in [6.07, 6.45) is 3.64. The van der Waals surface area contributed by atoms with Gasteiger partial charge in [-0.1, -0.05) is 19.1 Å². The van der Waals surface area contributed by atoms with Crippen LogP contribution in [0.4, 0.5) is 5.69 Å². The number of benzene rings is 1. The fourth-order valence-electron chi connectivity index (χ4n) is 4.35. The van der Waals surface area contributed by atoms with Crippen LogP contribution in [-0.4, -0.2) is 80.7 Å². The molecule has 2 fully saturated rings. The molecule has 28 heavy (non-hydrogen) atoms. The largest absolute Gasteiger partial charge is 0.370 e. The Morgan fingerprint density at radius 3 is 2.79 bits per heavy atom. The molecule has 2 aliphatic heterocycles. The molecule has 0 saturated carbocycles. The molecule has 0 radical (unpaired) electrons. The molecule has 1 aromatic rings. The summed E-state index contributed by atoms with van der Waals surface area (Å²) >= 11 is 0. The first-order valence-electron chi connectivity index (χ1n) is 11.0. The lowest BCUT2D eigenvalue weighted by atomic mass is 10.2. The fraction of sp³-hybridized carbons (Fsp3) is 0.682. The standard InChI is InChI=1S/C22H38N6/c1-3-27-12-5-9-21(27)18-25-22(23)24-10-6-11-26-13-15-28(16-14-26)20-8-4-7-19(2)17-20/h4,7-8,17,21H,3,5-6,9-16,18H2,1-2H3,(H3,23,24,25). The Balaban J connectivity index is 1.29. The Hall–Kier alpha value is -1.79. The normalized spacial score (nSPS) is 22.0. The number of anilines is 1. The SMILES string of the molecule is CCN1CCCC1CN=C(N)NCCCN1CCN(c2cccc(C)c2)CC1. The van der Waals surface area contributed by atoms with Gasteiger partial charge in [0, 0.05) is 44.5 Å². The molecular formula is C22H38N6. The Bertz CT molecular complexity index is 623. The van der Waals surface area contributed by atoms with Gasteiger partial charge in [0.15, 0.2) is 5.96 Å². The van der Waals surface area contributed by atoms with Crippen molar-refractivity contribution >= 4 is 11.6 Å². The van der Waals surface area contributed by atoms with E-state index in [1.165, 1.54) is 30.6 Å². The maximum absolute atomic E-state index is 6.05. The van der Waals surface area contributed by atoms with Gasteiger partial charge in [-0.15, -0.1) is 0 Å². The minimum atomic E-state index is 0.579. The van der Waals surface area contributed by atoms with Crippen LogP contribution in [0.1, 0.15) is 31.7 Å². The first kappa shape index (κ1) is 20.9. The van der Waals surface area contributed by atoms with Gasteiger partial charge in [-0.2, -0.15) is 0 Å². The number of hydrogen-bond acceptors (Lipinski definition) is 4. The molecule has 0 aromatic heterocycles. The quantitative estimate of drug-likeness (QED) is 0.406. The van der Waals surface area contributed by atoms with E-state index in [4.69, 9.17) is 5.73 Å². The van der Waals surface area contributed by atoms with Crippen LogP contribution in [0.3, 0.4) is 0 Å². The van der Waals surface area contributed by atoms with Crippen molar-refractivity contribution in [3.63, 3.8) is 0 Å². The number of nitrogens with two attached hydrogens (primary N) is 1. The van der Waals surface area contributed by atoms with E-state index >= 15 is 0 Å². The van der Waals surface area contributed by atoms with Crippen LogP contribution in [0.2, 0.25) is 0 Å². The van der Waals surface area contributed by atoms with Crippen molar-refractivity contribution in [2.75, 3.05) is 63.8 Å². The monoisotopic (exact) mass is 386 g/mol. The third-order valence-electron chi connectivity index (χ3n) is 6.07. The van der Waals surface area contributed by atoms with Gasteiger partial charge < -0.3 is 16.0 Å². The van der Waals surface area contributed by atoms with Crippen LogP contribution in [0, 0.1) is 6.92 Å². The van der Waals surface area contributed by atoms with Gasteiger partial charge in [0.1, 0.15) is 0 Å². The summed E-state index contributed by atoms with van der Waals surface area (Å²) in [6.45, 7) is 14.0. The van der Waals surface area contributed by atoms with Gasteiger partial charge in [-0.05, 0) is 63.5 Å².